The van der Waals surface area contributed by atoms with Gasteiger partial charge in [0.1, 0.15) is 22.9 Å². The van der Waals surface area contributed by atoms with Gasteiger partial charge in [-0.2, -0.15) is 0 Å². The summed E-state index contributed by atoms with van der Waals surface area (Å²) in [6.07, 6.45) is 11.3. The number of carbonyl (C=O) groups is 1. The van der Waals surface area contributed by atoms with Gasteiger partial charge in [0, 0.05) is 51.2 Å². The fourth-order valence-electron chi connectivity index (χ4n) is 4.52. The maximum atomic E-state index is 13.5. The minimum atomic E-state index is -0.292. The van der Waals surface area contributed by atoms with Gasteiger partial charge in [-0.3, -0.25) is 15.2 Å². The second kappa shape index (κ2) is 14.2. The highest BCUT2D eigenvalue weighted by Gasteiger charge is 2.13. The molecule has 3 N–H and O–H groups in total. The molecule has 0 aliphatic carbocycles. The number of ether oxygens (including phenoxy) is 1. The number of hydrogen-bond acceptors (Lipinski definition) is 7. The van der Waals surface area contributed by atoms with E-state index in [1.54, 1.807) is 43.6 Å². The maximum absolute atomic E-state index is 13.5. The van der Waals surface area contributed by atoms with Crippen molar-refractivity contribution in [3.63, 3.8) is 0 Å². The molecule has 1 aromatic carbocycles. The standard InChI is InChI=1S/C30H36FN7O2/c1-37(21-23(12-18-38-16-3-4-17-38)22-5-7-24(31)8-6-22)28(32)9-10-29(39)35-15-14-34-26-11-13-33-27-19-25(40-2)20-36-30(26)27/h5-11,13,19-21,32H,3-4,12,14-18H2,1-2H3,(H,33,34)(H,35,39)/b10-9-,23-21-,32-28?. The summed E-state index contributed by atoms with van der Waals surface area (Å²) in [6.45, 7) is 3.99. The van der Waals surface area contributed by atoms with E-state index in [0.29, 0.717) is 24.4 Å². The average Bonchev–Trinajstić information content (AvgIpc) is 3.50. The minimum Gasteiger partial charge on any atom is -0.495 e. The number of benzene rings is 1. The van der Waals surface area contributed by atoms with Gasteiger partial charge >= 0.3 is 0 Å². The Morgan fingerprint density at radius 2 is 1.93 bits per heavy atom. The Kier molecular flexibility index (Phi) is 10.2. The molecule has 4 rings (SSSR count). The molecule has 1 fully saturated rings. The first-order valence-corrected chi connectivity index (χ1v) is 13.4. The Bertz CT molecular complexity index is 1370. The molecule has 10 heteroatoms. The van der Waals surface area contributed by atoms with Crippen LogP contribution in [0.3, 0.4) is 0 Å². The van der Waals surface area contributed by atoms with Gasteiger partial charge in [0.15, 0.2) is 0 Å². The average molecular weight is 546 g/mol. The number of pyridine rings is 2. The fourth-order valence-corrected chi connectivity index (χ4v) is 4.52. The van der Waals surface area contributed by atoms with E-state index in [0.717, 1.165) is 48.4 Å². The van der Waals surface area contributed by atoms with Crippen LogP contribution in [0.2, 0.25) is 0 Å². The van der Waals surface area contributed by atoms with Crippen LogP contribution in [0, 0.1) is 11.2 Å². The smallest absolute Gasteiger partial charge is 0.244 e. The van der Waals surface area contributed by atoms with Crippen molar-refractivity contribution in [3.8, 4) is 5.75 Å². The number of fused-ring (bicyclic) bond motifs is 1. The lowest BCUT2D eigenvalue weighted by molar-refractivity contribution is -0.116. The molecule has 1 saturated heterocycles. The quantitative estimate of drug-likeness (QED) is 0.135. The zero-order valence-electron chi connectivity index (χ0n) is 23.0. The van der Waals surface area contributed by atoms with Crippen molar-refractivity contribution < 1.29 is 13.9 Å². The third kappa shape index (κ3) is 8.09. The van der Waals surface area contributed by atoms with Gasteiger partial charge in [0.2, 0.25) is 5.91 Å². The molecule has 210 valence electrons. The van der Waals surface area contributed by atoms with Gasteiger partial charge in [-0.15, -0.1) is 0 Å². The van der Waals surface area contributed by atoms with Crippen molar-refractivity contribution in [2.24, 2.45) is 0 Å². The van der Waals surface area contributed by atoms with E-state index in [1.807, 2.05) is 18.3 Å². The van der Waals surface area contributed by atoms with E-state index in [1.165, 1.54) is 37.1 Å². The van der Waals surface area contributed by atoms with Crippen LogP contribution in [0.1, 0.15) is 24.8 Å². The number of hydrogen-bond donors (Lipinski definition) is 3. The number of halogens is 1. The van der Waals surface area contributed by atoms with Crippen LogP contribution in [-0.4, -0.2) is 78.4 Å². The van der Waals surface area contributed by atoms with Gasteiger partial charge in [-0.05, 0) is 67.8 Å². The number of nitrogens with zero attached hydrogens (tertiary/aromatic N) is 4. The number of likely N-dealkylation sites (N-methyl/N-ethyl adjacent to an activating group) is 1. The molecule has 9 nitrogen and oxygen atoms in total. The van der Waals surface area contributed by atoms with Gasteiger partial charge < -0.3 is 25.2 Å². The lowest BCUT2D eigenvalue weighted by Crippen LogP contribution is -2.28. The summed E-state index contributed by atoms with van der Waals surface area (Å²) < 4.78 is 18.7. The van der Waals surface area contributed by atoms with E-state index in [-0.39, 0.29) is 17.6 Å². The molecule has 0 unspecified atom stereocenters. The van der Waals surface area contributed by atoms with E-state index in [2.05, 4.69) is 25.5 Å². The van der Waals surface area contributed by atoms with Crippen LogP contribution in [0.5, 0.6) is 5.75 Å². The van der Waals surface area contributed by atoms with Crippen molar-refractivity contribution >= 4 is 34.0 Å². The number of nitrogens with one attached hydrogen (secondary N) is 3. The zero-order chi connectivity index (χ0) is 28.3. The monoisotopic (exact) mass is 545 g/mol. The summed E-state index contributed by atoms with van der Waals surface area (Å²) in [5, 5.41) is 14.5. The Morgan fingerprint density at radius 1 is 1.15 bits per heavy atom. The van der Waals surface area contributed by atoms with Gasteiger partial charge in [-0.25, -0.2) is 9.37 Å². The van der Waals surface area contributed by atoms with Crippen LogP contribution in [-0.2, 0) is 4.79 Å². The Balaban J connectivity index is 1.28. The molecule has 3 heterocycles. The van der Waals surface area contributed by atoms with E-state index in [4.69, 9.17) is 10.1 Å². The number of aromatic nitrogens is 2. The SMILES string of the molecule is COc1cnc2c(NCCNC(=O)/C=C\C(=N)N(C)/C=C(/CCN3CCCC3)c3ccc(F)cc3)ccnc2c1. The highest BCUT2D eigenvalue weighted by molar-refractivity contribution is 5.98. The van der Waals surface area contributed by atoms with Crippen LogP contribution in [0.25, 0.3) is 16.6 Å². The first kappa shape index (κ1) is 28.7. The van der Waals surface area contributed by atoms with E-state index >= 15 is 0 Å². The van der Waals surface area contributed by atoms with E-state index < -0.39 is 0 Å². The highest BCUT2D eigenvalue weighted by atomic mass is 19.1. The summed E-state index contributed by atoms with van der Waals surface area (Å²) in [5.74, 6) is 0.231. The predicted octanol–water partition coefficient (Wildman–Crippen LogP) is 4.30. The number of carbonyl (C=O) groups excluding carboxylic acids is 1. The number of rotatable bonds is 12. The van der Waals surface area contributed by atoms with Gasteiger partial charge in [0.05, 0.1) is 24.5 Å². The van der Waals surface area contributed by atoms with Crippen LogP contribution in [0.4, 0.5) is 10.1 Å². The molecule has 40 heavy (non-hydrogen) atoms. The van der Waals surface area contributed by atoms with Crippen LogP contribution in [0.15, 0.2) is 67.1 Å². The Hall–Kier alpha value is -4.31. The zero-order valence-corrected chi connectivity index (χ0v) is 23.0. The van der Waals surface area contributed by atoms with Crippen molar-refractivity contribution in [2.75, 3.05) is 52.2 Å². The predicted molar refractivity (Wildman–Crippen MR) is 157 cm³/mol. The second-order valence-electron chi connectivity index (χ2n) is 9.61. The third-order valence-electron chi connectivity index (χ3n) is 6.76. The number of likely N-dealkylation sites (tertiary alicyclic amines) is 1. The molecule has 0 saturated carbocycles. The summed E-state index contributed by atoms with van der Waals surface area (Å²) in [6, 6.07) is 10.1. The number of anilines is 1. The number of amides is 1. The Morgan fingerprint density at radius 3 is 2.67 bits per heavy atom. The van der Waals surface area contributed by atoms with Crippen molar-refractivity contribution in [2.45, 2.75) is 19.3 Å². The molecular weight excluding hydrogens is 509 g/mol. The minimum absolute atomic E-state index is 0.166. The Labute approximate surface area is 234 Å². The first-order chi connectivity index (χ1) is 19.4. The lowest BCUT2D eigenvalue weighted by atomic mass is 10.0. The summed E-state index contributed by atoms with van der Waals surface area (Å²) in [5.41, 5.74) is 4.19. The molecule has 1 amide bonds. The second-order valence-corrected chi connectivity index (χ2v) is 9.61. The summed E-state index contributed by atoms with van der Waals surface area (Å²) in [4.78, 5) is 25.2. The number of amidine groups is 1. The first-order valence-electron chi connectivity index (χ1n) is 13.4. The molecule has 0 radical (unpaired) electrons. The van der Waals surface area contributed by atoms with Crippen LogP contribution >= 0.6 is 0 Å². The third-order valence-corrected chi connectivity index (χ3v) is 6.76. The molecule has 1 aliphatic rings. The van der Waals surface area contributed by atoms with E-state index in [9.17, 15) is 9.18 Å². The molecule has 3 aromatic rings. The van der Waals surface area contributed by atoms with Crippen molar-refractivity contribution in [1.82, 2.24) is 25.1 Å². The summed E-state index contributed by atoms with van der Waals surface area (Å²) >= 11 is 0. The van der Waals surface area contributed by atoms with Crippen molar-refractivity contribution in [1.29, 1.82) is 5.41 Å². The lowest BCUT2D eigenvalue weighted by Gasteiger charge is -2.19. The summed E-state index contributed by atoms with van der Waals surface area (Å²) in [7, 11) is 3.36. The molecule has 0 bridgehead atoms. The fraction of sp³-hybridized carbons (Fsp3) is 0.333. The molecule has 1 aliphatic heterocycles. The van der Waals surface area contributed by atoms with Gasteiger partial charge in [0.25, 0.3) is 0 Å². The maximum Gasteiger partial charge on any atom is 0.244 e. The normalized spacial score (nSPS) is 14.0. The van der Waals surface area contributed by atoms with Crippen LogP contribution < -0.4 is 15.4 Å². The van der Waals surface area contributed by atoms with Gasteiger partial charge in [-0.1, -0.05) is 12.1 Å². The topological polar surface area (TPSA) is 106 Å². The molecule has 0 spiro atoms. The highest BCUT2D eigenvalue weighted by Crippen LogP contribution is 2.23. The largest absolute Gasteiger partial charge is 0.495 e. The number of methoxy groups -OCH3 is 1. The van der Waals surface area contributed by atoms with Crippen molar-refractivity contribution in [3.05, 3.63) is 78.5 Å². The molecule has 2 aromatic heterocycles. The molecular formula is C30H36FN7O2. The molecule has 0 atom stereocenters.